The van der Waals surface area contributed by atoms with E-state index in [1.54, 1.807) is 12.1 Å². The Hall–Kier alpha value is -1.59. The lowest BCUT2D eigenvalue weighted by atomic mass is 10.0. The summed E-state index contributed by atoms with van der Waals surface area (Å²) in [5, 5.41) is 10.9. The molecule has 0 radical (unpaired) electrons. The van der Waals surface area contributed by atoms with Gasteiger partial charge in [0.2, 0.25) is 0 Å². The van der Waals surface area contributed by atoms with Crippen LogP contribution in [0.3, 0.4) is 0 Å². The van der Waals surface area contributed by atoms with E-state index in [1.165, 1.54) is 6.07 Å². The SMILES string of the molecule is Cc1cccc2cc(S(=O)(=O)O)cc(O)c12. The highest BCUT2D eigenvalue weighted by molar-refractivity contribution is 7.85. The van der Waals surface area contributed by atoms with Gasteiger partial charge in [0.1, 0.15) is 5.75 Å². The van der Waals surface area contributed by atoms with Crippen LogP contribution in [-0.4, -0.2) is 18.1 Å². The third-order valence-electron chi connectivity index (χ3n) is 2.44. The molecular formula is C11H10O4S. The van der Waals surface area contributed by atoms with Crippen LogP contribution in [0.1, 0.15) is 5.56 Å². The molecule has 0 saturated heterocycles. The Morgan fingerprint density at radius 1 is 1.19 bits per heavy atom. The van der Waals surface area contributed by atoms with Crippen LogP contribution in [0, 0.1) is 6.92 Å². The molecule has 4 nitrogen and oxygen atoms in total. The number of hydrogen-bond acceptors (Lipinski definition) is 3. The number of hydrogen-bond donors (Lipinski definition) is 2. The van der Waals surface area contributed by atoms with Crippen LogP contribution in [0.4, 0.5) is 0 Å². The topological polar surface area (TPSA) is 74.6 Å². The summed E-state index contributed by atoms with van der Waals surface area (Å²) < 4.78 is 30.8. The Morgan fingerprint density at radius 2 is 1.88 bits per heavy atom. The summed E-state index contributed by atoms with van der Waals surface area (Å²) in [7, 11) is -4.29. The first-order valence-electron chi connectivity index (χ1n) is 4.59. The molecule has 5 heteroatoms. The third-order valence-corrected chi connectivity index (χ3v) is 3.27. The van der Waals surface area contributed by atoms with Crippen LogP contribution >= 0.6 is 0 Å². The van der Waals surface area contributed by atoms with Crippen molar-refractivity contribution in [2.45, 2.75) is 11.8 Å². The molecule has 0 saturated carbocycles. The fourth-order valence-corrected chi connectivity index (χ4v) is 2.25. The summed E-state index contributed by atoms with van der Waals surface area (Å²) in [6, 6.07) is 7.62. The van der Waals surface area contributed by atoms with Crippen molar-refractivity contribution in [3.63, 3.8) is 0 Å². The Labute approximate surface area is 92.9 Å². The second-order valence-electron chi connectivity index (χ2n) is 3.59. The second kappa shape index (κ2) is 3.47. The highest BCUT2D eigenvalue weighted by atomic mass is 32.2. The molecule has 0 bridgehead atoms. The molecule has 2 aromatic carbocycles. The van der Waals surface area contributed by atoms with Gasteiger partial charge in [-0.15, -0.1) is 0 Å². The Balaban J connectivity index is 2.89. The summed E-state index contributed by atoms with van der Waals surface area (Å²) in [5.74, 6) is -0.150. The third kappa shape index (κ3) is 1.75. The average molecular weight is 238 g/mol. The molecule has 0 aliphatic rings. The predicted octanol–water partition coefficient (Wildman–Crippen LogP) is 2.10. The van der Waals surface area contributed by atoms with Gasteiger partial charge >= 0.3 is 0 Å². The maximum Gasteiger partial charge on any atom is 0.294 e. The van der Waals surface area contributed by atoms with Crippen LogP contribution < -0.4 is 0 Å². The molecule has 0 atom stereocenters. The number of phenols is 1. The summed E-state index contributed by atoms with van der Waals surface area (Å²) in [6.07, 6.45) is 0. The van der Waals surface area contributed by atoms with Gasteiger partial charge < -0.3 is 5.11 Å². The van der Waals surface area contributed by atoms with Crippen molar-refractivity contribution < 1.29 is 18.1 Å². The predicted molar refractivity (Wildman–Crippen MR) is 60.2 cm³/mol. The van der Waals surface area contributed by atoms with Crippen LogP contribution in [0.15, 0.2) is 35.2 Å². The number of benzene rings is 2. The molecule has 0 amide bonds. The highest BCUT2D eigenvalue weighted by Crippen LogP contribution is 2.30. The Morgan fingerprint density at radius 3 is 2.50 bits per heavy atom. The van der Waals surface area contributed by atoms with Crippen LogP contribution in [0.5, 0.6) is 5.75 Å². The number of aromatic hydroxyl groups is 1. The fraction of sp³-hybridized carbons (Fsp3) is 0.0909. The van der Waals surface area contributed by atoms with Gasteiger partial charge in [-0.05, 0) is 23.9 Å². The maximum absolute atomic E-state index is 11.0. The van der Waals surface area contributed by atoms with E-state index in [9.17, 15) is 13.5 Å². The van der Waals surface area contributed by atoms with E-state index in [2.05, 4.69) is 0 Å². The van der Waals surface area contributed by atoms with E-state index in [1.807, 2.05) is 13.0 Å². The van der Waals surface area contributed by atoms with Gasteiger partial charge in [-0.25, -0.2) is 0 Å². The van der Waals surface area contributed by atoms with Crippen molar-refractivity contribution in [1.29, 1.82) is 0 Å². The van der Waals surface area contributed by atoms with E-state index in [0.29, 0.717) is 10.8 Å². The van der Waals surface area contributed by atoms with Crippen molar-refractivity contribution >= 4 is 20.9 Å². The van der Waals surface area contributed by atoms with Gasteiger partial charge in [0, 0.05) is 11.5 Å². The van der Waals surface area contributed by atoms with Crippen molar-refractivity contribution in [2.24, 2.45) is 0 Å². The minimum Gasteiger partial charge on any atom is -0.507 e. The quantitative estimate of drug-likeness (QED) is 0.746. The molecule has 2 N–H and O–H groups in total. The zero-order valence-corrected chi connectivity index (χ0v) is 9.32. The van der Waals surface area contributed by atoms with Crippen molar-refractivity contribution in [3.05, 3.63) is 35.9 Å². The lowest BCUT2D eigenvalue weighted by molar-refractivity contribution is 0.470. The first-order valence-corrected chi connectivity index (χ1v) is 6.03. The molecular weight excluding hydrogens is 228 g/mol. The largest absolute Gasteiger partial charge is 0.507 e. The molecule has 0 unspecified atom stereocenters. The zero-order valence-electron chi connectivity index (χ0n) is 8.51. The first-order chi connectivity index (χ1) is 7.39. The maximum atomic E-state index is 11.0. The van der Waals surface area contributed by atoms with Gasteiger partial charge in [0.05, 0.1) is 4.90 Å². The van der Waals surface area contributed by atoms with E-state index in [0.717, 1.165) is 11.6 Å². The van der Waals surface area contributed by atoms with Gasteiger partial charge in [-0.3, -0.25) is 4.55 Å². The second-order valence-corrected chi connectivity index (χ2v) is 5.01. The lowest BCUT2D eigenvalue weighted by Gasteiger charge is -2.06. The Bertz CT molecular complexity index is 659. The van der Waals surface area contributed by atoms with E-state index < -0.39 is 10.1 Å². The van der Waals surface area contributed by atoms with Crippen LogP contribution in [-0.2, 0) is 10.1 Å². The van der Waals surface area contributed by atoms with Gasteiger partial charge in [0.25, 0.3) is 10.1 Å². The monoisotopic (exact) mass is 238 g/mol. The van der Waals surface area contributed by atoms with Crippen LogP contribution in [0.2, 0.25) is 0 Å². The summed E-state index contributed by atoms with van der Waals surface area (Å²) in [4.78, 5) is -0.303. The molecule has 0 spiro atoms. The number of fused-ring (bicyclic) bond motifs is 1. The highest BCUT2D eigenvalue weighted by Gasteiger charge is 2.13. The van der Waals surface area contributed by atoms with Crippen molar-refractivity contribution in [2.75, 3.05) is 0 Å². The average Bonchev–Trinajstić information content (AvgIpc) is 2.15. The normalized spacial score (nSPS) is 11.9. The number of phenolic OH excluding ortho intramolecular Hbond substituents is 1. The summed E-state index contributed by atoms with van der Waals surface area (Å²) in [5.41, 5.74) is 0.844. The van der Waals surface area contributed by atoms with Gasteiger partial charge in [-0.1, -0.05) is 18.2 Å². The molecule has 2 rings (SSSR count). The minimum atomic E-state index is -4.29. The van der Waals surface area contributed by atoms with Gasteiger partial charge in [0.15, 0.2) is 0 Å². The van der Waals surface area contributed by atoms with E-state index in [-0.39, 0.29) is 10.6 Å². The Kier molecular flexibility index (Phi) is 2.36. The minimum absolute atomic E-state index is 0.150. The van der Waals surface area contributed by atoms with E-state index in [4.69, 9.17) is 4.55 Å². The summed E-state index contributed by atoms with van der Waals surface area (Å²) >= 11 is 0. The summed E-state index contributed by atoms with van der Waals surface area (Å²) in [6.45, 7) is 1.81. The molecule has 2 aromatic rings. The molecule has 0 aliphatic heterocycles. The van der Waals surface area contributed by atoms with Gasteiger partial charge in [-0.2, -0.15) is 8.42 Å². The zero-order chi connectivity index (χ0) is 11.9. The molecule has 16 heavy (non-hydrogen) atoms. The smallest absolute Gasteiger partial charge is 0.294 e. The lowest BCUT2D eigenvalue weighted by Crippen LogP contribution is -1.98. The van der Waals surface area contributed by atoms with Crippen molar-refractivity contribution in [1.82, 2.24) is 0 Å². The standard InChI is InChI=1S/C11H10O4S/c1-7-3-2-4-8-5-9(16(13,14)15)6-10(12)11(7)8/h2-6,12H,1H3,(H,13,14,15). The molecule has 0 heterocycles. The number of rotatable bonds is 1. The van der Waals surface area contributed by atoms with E-state index >= 15 is 0 Å². The first kappa shape index (κ1) is 10.9. The molecule has 0 aromatic heterocycles. The fourth-order valence-electron chi connectivity index (χ4n) is 1.71. The number of aryl methyl sites for hydroxylation is 1. The van der Waals surface area contributed by atoms with Crippen LogP contribution in [0.25, 0.3) is 10.8 Å². The molecule has 84 valence electrons. The van der Waals surface area contributed by atoms with Crippen molar-refractivity contribution in [3.8, 4) is 5.75 Å². The molecule has 0 fully saturated rings. The molecule has 0 aliphatic carbocycles.